The van der Waals surface area contributed by atoms with Gasteiger partial charge in [0, 0.05) is 14.1 Å². The largest absolute Gasteiger partial charge is 0.456 e. The van der Waals surface area contributed by atoms with E-state index in [1.807, 2.05) is 12.2 Å². The number of nitrogens with one attached hydrogen (secondary N) is 1. The van der Waals surface area contributed by atoms with E-state index >= 15 is 0 Å². The van der Waals surface area contributed by atoms with Crippen molar-refractivity contribution in [3.8, 4) is 0 Å². The van der Waals surface area contributed by atoms with Crippen molar-refractivity contribution in [2.75, 3.05) is 26.0 Å². The van der Waals surface area contributed by atoms with Gasteiger partial charge in [0.25, 0.3) is 5.91 Å². The second-order valence-electron chi connectivity index (χ2n) is 6.11. The van der Waals surface area contributed by atoms with E-state index in [1.165, 1.54) is 32.3 Å². The molecule has 1 aliphatic rings. The van der Waals surface area contributed by atoms with Crippen molar-refractivity contribution in [2.24, 2.45) is 5.92 Å². The number of ether oxygens (including phenoxy) is 1. The van der Waals surface area contributed by atoms with E-state index in [0.29, 0.717) is 0 Å². The molecule has 26 heavy (non-hydrogen) atoms. The Hall–Kier alpha value is -1.90. The van der Waals surface area contributed by atoms with E-state index in [0.717, 1.165) is 17.1 Å². The summed E-state index contributed by atoms with van der Waals surface area (Å²) in [6.07, 6.45) is 6.08. The number of sulfonamides is 1. The van der Waals surface area contributed by atoms with Gasteiger partial charge in [-0.2, -0.15) is 0 Å². The lowest BCUT2D eigenvalue weighted by atomic mass is 10.1. The first-order valence-electron chi connectivity index (χ1n) is 8.04. The van der Waals surface area contributed by atoms with Gasteiger partial charge in [-0.25, -0.2) is 12.7 Å². The van der Waals surface area contributed by atoms with Gasteiger partial charge < -0.3 is 10.1 Å². The van der Waals surface area contributed by atoms with E-state index in [9.17, 15) is 18.0 Å². The fourth-order valence-electron chi connectivity index (χ4n) is 2.44. The zero-order valence-electron chi connectivity index (χ0n) is 14.6. The highest BCUT2D eigenvalue weighted by Crippen LogP contribution is 2.26. The molecule has 1 N–H and O–H groups in total. The lowest BCUT2D eigenvalue weighted by Gasteiger charge is -2.14. The van der Waals surface area contributed by atoms with E-state index in [4.69, 9.17) is 16.3 Å². The predicted molar refractivity (Wildman–Crippen MR) is 98.4 cm³/mol. The SMILES string of the molecule is CN(C)S(=O)(=O)c1ccc(Cl)c(NC(=O)COC(=O)C[C@@H]2C=CCC2)c1. The van der Waals surface area contributed by atoms with Crippen LogP contribution >= 0.6 is 11.6 Å². The van der Waals surface area contributed by atoms with Crippen molar-refractivity contribution >= 4 is 39.2 Å². The first-order chi connectivity index (χ1) is 12.2. The summed E-state index contributed by atoms with van der Waals surface area (Å²) in [6, 6.07) is 4.00. The number of anilines is 1. The molecule has 0 aromatic heterocycles. The van der Waals surface area contributed by atoms with Crippen LogP contribution in [-0.2, 0) is 24.3 Å². The van der Waals surface area contributed by atoms with Gasteiger partial charge in [0.15, 0.2) is 6.61 Å². The van der Waals surface area contributed by atoms with Gasteiger partial charge in [0.2, 0.25) is 10.0 Å². The van der Waals surface area contributed by atoms with Crippen LogP contribution in [-0.4, -0.2) is 45.3 Å². The minimum Gasteiger partial charge on any atom is -0.456 e. The number of halogens is 1. The van der Waals surface area contributed by atoms with E-state index < -0.39 is 28.5 Å². The van der Waals surface area contributed by atoms with Gasteiger partial charge in [-0.05, 0) is 37.0 Å². The van der Waals surface area contributed by atoms with Crippen molar-refractivity contribution in [1.29, 1.82) is 0 Å². The highest BCUT2D eigenvalue weighted by atomic mass is 35.5. The molecule has 9 heteroatoms. The van der Waals surface area contributed by atoms with E-state index in [1.54, 1.807) is 0 Å². The van der Waals surface area contributed by atoms with Crippen LogP contribution in [0.15, 0.2) is 35.2 Å². The van der Waals surface area contributed by atoms with Crippen molar-refractivity contribution < 1.29 is 22.7 Å². The highest BCUT2D eigenvalue weighted by molar-refractivity contribution is 7.89. The summed E-state index contributed by atoms with van der Waals surface area (Å²) < 4.78 is 30.3. The number of amides is 1. The minimum atomic E-state index is -3.66. The summed E-state index contributed by atoms with van der Waals surface area (Å²) in [4.78, 5) is 23.7. The molecule has 0 heterocycles. The molecule has 0 fully saturated rings. The number of hydrogen-bond donors (Lipinski definition) is 1. The average molecular weight is 401 g/mol. The Morgan fingerprint density at radius 2 is 2.08 bits per heavy atom. The third kappa shape index (κ3) is 5.30. The Bertz CT molecular complexity index is 820. The summed E-state index contributed by atoms with van der Waals surface area (Å²) in [7, 11) is -0.852. The molecule has 7 nitrogen and oxygen atoms in total. The van der Waals surface area contributed by atoms with E-state index in [-0.39, 0.29) is 27.9 Å². The number of rotatable bonds is 7. The van der Waals surface area contributed by atoms with Crippen molar-refractivity contribution in [1.82, 2.24) is 4.31 Å². The van der Waals surface area contributed by atoms with Gasteiger partial charge >= 0.3 is 5.97 Å². The quantitative estimate of drug-likeness (QED) is 0.560. The zero-order chi connectivity index (χ0) is 19.3. The van der Waals surface area contributed by atoms with Crippen molar-refractivity contribution in [3.63, 3.8) is 0 Å². The van der Waals surface area contributed by atoms with E-state index in [2.05, 4.69) is 5.32 Å². The lowest BCUT2D eigenvalue weighted by Crippen LogP contribution is -2.23. The Balaban J connectivity index is 1.95. The van der Waals surface area contributed by atoms with Crippen molar-refractivity contribution in [3.05, 3.63) is 35.4 Å². The number of benzene rings is 1. The summed E-state index contributed by atoms with van der Waals surface area (Å²) in [5, 5.41) is 2.64. The maximum absolute atomic E-state index is 12.2. The van der Waals surface area contributed by atoms with Crippen LogP contribution in [0.1, 0.15) is 19.3 Å². The van der Waals surface area contributed by atoms with Crippen LogP contribution in [0.3, 0.4) is 0 Å². The van der Waals surface area contributed by atoms with Crippen LogP contribution in [0.5, 0.6) is 0 Å². The number of allylic oxidation sites excluding steroid dienone is 2. The first kappa shape index (κ1) is 20.4. The van der Waals surface area contributed by atoms with Crippen LogP contribution in [0.25, 0.3) is 0 Å². The molecule has 142 valence electrons. The Morgan fingerprint density at radius 1 is 1.35 bits per heavy atom. The van der Waals surface area contributed by atoms with Gasteiger partial charge in [-0.3, -0.25) is 9.59 Å². The molecule has 1 atom stereocenters. The summed E-state index contributed by atoms with van der Waals surface area (Å²) in [5.41, 5.74) is 0.134. The van der Waals surface area contributed by atoms with Crippen LogP contribution in [0, 0.1) is 5.92 Å². The topological polar surface area (TPSA) is 92.8 Å². The number of carbonyl (C=O) groups is 2. The molecule has 0 saturated heterocycles. The lowest BCUT2D eigenvalue weighted by molar-refractivity contribution is -0.147. The molecule has 0 unspecified atom stereocenters. The second-order valence-corrected chi connectivity index (χ2v) is 8.67. The zero-order valence-corrected chi connectivity index (χ0v) is 16.1. The number of nitrogens with zero attached hydrogens (tertiary/aromatic N) is 1. The Labute approximate surface area is 158 Å². The first-order valence-corrected chi connectivity index (χ1v) is 9.86. The molecule has 1 aromatic carbocycles. The summed E-state index contributed by atoms with van der Waals surface area (Å²) >= 11 is 6.01. The van der Waals surface area contributed by atoms with Gasteiger partial charge in [-0.1, -0.05) is 23.8 Å². The highest BCUT2D eigenvalue weighted by Gasteiger charge is 2.20. The molecule has 1 aliphatic carbocycles. The van der Waals surface area contributed by atoms with Crippen LogP contribution in [0.4, 0.5) is 5.69 Å². The normalized spacial score (nSPS) is 16.7. The maximum Gasteiger partial charge on any atom is 0.306 e. The van der Waals surface area contributed by atoms with Gasteiger partial charge in [-0.15, -0.1) is 0 Å². The number of hydrogen-bond acceptors (Lipinski definition) is 5. The number of carbonyl (C=O) groups excluding carboxylic acids is 2. The standard InChI is InChI=1S/C17H21ClN2O5S/c1-20(2)26(23,24)13-7-8-14(18)15(10-13)19-16(21)11-25-17(22)9-12-5-3-4-6-12/h3,5,7-8,10,12H,4,6,9,11H2,1-2H3,(H,19,21)/t12-/m1/s1. The van der Waals surface area contributed by atoms with Crippen molar-refractivity contribution in [2.45, 2.75) is 24.2 Å². The predicted octanol–water partition coefficient (Wildman–Crippen LogP) is 2.43. The monoisotopic (exact) mass is 400 g/mol. The third-order valence-electron chi connectivity index (χ3n) is 3.90. The summed E-state index contributed by atoms with van der Waals surface area (Å²) in [6.45, 7) is -0.462. The molecule has 1 aromatic rings. The maximum atomic E-state index is 12.2. The third-order valence-corrected chi connectivity index (χ3v) is 6.04. The molecule has 0 saturated carbocycles. The molecular formula is C17H21ClN2O5S. The average Bonchev–Trinajstić information content (AvgIpc) is 3.07. The summed E-state index contributed by atoms with van der Waals surface area (Å²) in [5.74, 6) is -0.888. The molecule has 2 rings (SSSR count). The molecule has 0 aliphatic heterocycles. The smallest absolute Gasteiger partial charge is 0.306 e. The molecule has 0 spiro atoms. The van der Waals surface area contributed by atoms with Crippen LogP contribution < -0.4 is 5.32 Å². The molecule has 0 radical (unpaired) electrons. The van der Waals surface area contributed by atoms with Gasteiger partial charge in [0.05, 0.1) is 22.0 Å². The Kier molecular flexibility index (Phi) is 6.80. The second kappa shape index (κ2) is 8.66. The fraction of sp³-hybridized carbons (Fsp3) is 0.412. The fourth-order valence-corrected chi connectivity index (χ4v) is 3.54. The molecular weight excluding hydrogens is 380 g/mol. The minimum absolute atomic E-state index is 0.00721. The molecule has 0 bridgehead atoms. The van der Waals surface area contributed by atoms with Crippen LogP contribution in [0.2, 0.25) is 5.02 Å². The number of esters is 1. The Morgan fingerprint density at radius 3 is 2.69 bits per heavy atom. The van der Waals surface area contributed by atoms with Gasteiger partial charge in [0.1, 0.15) is 0 Å². The molecule has 1 amide bonds.